The van der Waals surface area contributed by atoms with Gasteiger partial charge in [0.25, 0.3) is 0 Å². The van der Waals surface area contributed by atoms with Crippen molar-refractivity contribution in [3.8, 4) is 11.5 Å². The van der Waals surface area contributed by atoms with Crippen LogP contribution in [0.3, 0.4) is 0 Å². The van der Waals surface area contributed by atoms with Crippen molar-refractivity contribution in [3.05, 3.63) is 66.1 Å². The zero-order chi connectivity index (χ0) is 18.0. The first kappa shape index (κ1) is 17.0. The molecule has 3 aromatic carbocycles. The van der Waals surface area contributed by atoms with E-state index in [4.69, 9.17) is 6.92 Å². The summed E-state index contributed by atoms with van der Waals surface area (Å²) in [7, 11) is 0. The fourth-order valence-electron chi connectivity index (χ4n) is 2.81. The molecule has 25 heavy (non-hydrogen) atoms. The number of nitrogens with zero attached hydrogens (tertiary/aromatic N) is 2. The zero-order valence-electron chi connectivity index (χ0n) is 14.3. The van der Waals surface area contributed by atoms with Gasteiger partial charge in [0.1, 0.15) is 22.9 Å². The van der Waals surface area contributed by atoms with Gasteiger partial charge in [-0.25, -0.2) is 0 Å². The fraction of sp³-hybridized carbons (Fsp3) is 0.190. The molecule has 4 heteroatoms. The molecule has 3 rings (SSSR count). The van der Waals surface area contributed by atoms with Crippen molar-refractivity contribution < 1.29 is 10.2 Å². The molecule has 0 atom stereocenters. The molecule has 0 aliphatic rings. The van der Waals surface area contributed by atoms with Gasteiger partial charge in [0.15, 0.2) is 0 Å². The summed E-state index contributed by atoms with van der Waals surface area (Å²) < 4.78 is 0. The summed E-state index contributed by atoms with van der Waals surface area (Å²) in [5.74, 6) is 0.134. The molecule has 126 valence electrons. The van der Waals surface area contributed by atoms with E-state index in [-0.39, 0.29) is 11.5 Å². The molecule has 2 N–H and O–H groups in total. The predicted octanol–water partition coefficient (Wildman–Crippen LogP) is 5.93. The SMILES string of the molecule is [CH]CCc1ccc(O)c(N=Nc2c(O)c(C)cc3cc(C)ccc23)c1. The normalized spacial score (nSPS) is 11.5. The van der Waals surface area contributed by atoms with E-state index in [0.717, 1.165) is 27.5 Å². The number of benzene rings is 3. The van der Waals surface area contributed by atoms with Crippen LogP contribution in [0.5, 0.6) is 11.5 Å². The first-order valence-corrected chi connectivity index (χ1v) is 8.16. The van der Waals surface area contributed by atoms with Crippen LogP contribution in [0, 0.1) is 20.8 Å². The van der Waals surface area contributed by atoms with E-state index in [2.05, 4.69) is 10.2 Å². The highest BCUT2D eigenvalue weighted by Crippen LogP contribution is 2.40. The molecule has 2 radical (unpaired) electrons. The Hall–Kier alpha value is -2.88. The van der Waals surface area contributed by atoms with Gasteiger partial charge in [0.05, 0.1) is 0 Å². The van der Waals surface area contributed by atoms with Crippen molar-refractivity contribution in [3.63, 3.8) is 0 Å². The van der Waals surface area contributed by atoms with E-state index in [9.17, 15) is 10.2 Å². The number of fused-ring (bicyclic) bond motifs is 1. The van der Waals surface area contributed by atoms with Gasteiger partial charge in [-0.15, -0.1) is 10.2 Å². The molecule has 0 fully saturated rings. The van der Waals surface area contributed by atoms with E-state index in [1.807, 2.05) is 44.2 Å². The summed E-state index contributed by atoms with van der Waals surface area (Å²) in [5, 5.41) is 30.6. The summed E-state index contributed by atoms with van der Waals surface area (Å²) in [5.41, 5.74) is 3.59. The Kier molecular flexibility index (Phi) is 4.70. The smallest absolute Gasteiger partial charge is 0.146 e. The second kappa shape index (κ2) is 6.93. The number of phenols is 2. The number of hydrogen-bond donors (Lipinski definition) is 2. The molecule has 0 amide bonds. The number of aryl methyl sites for hydroxylation is 3. The highest BCUT2D eigenvalue weighted by atomic mass is 16.3. The average molecular weight is 332 g/mol. The Morgan fingerprint density at radius 2 is 1.76 bits per heavy atom. The molecule has 0 aromatic heterocycles. The lowest BCUT2D eigenvalue weighted by Crippen LogP contribution is -1.83. The largest absolute Gasteiger partial charge is 0.506 e. The average Bonchev–Trinajstić information content (AvgIpc) is 2.58. The first-order valence-electron chi connectivity index (χ1n) is 8.16. The van der Waals surface area contributed by atoms with E-state index in [0.29, 0.717) is 24.2 Å². The molecular formula is C21H20N2O2. The van der Waals surface area contributed by atoms with Crippen LogP contribution >= 0.6 is 0 Å². The standard InChI is InChI=1S/C21H20N2O2/c1-4-5-15-7-9-19(24)18(12-15)22-23-20-17-8-6-13(2)10-16(17)11-14(3)21(20)25/h1,6-12,24-25H,4-5H2,2-3H3. The zero-order valence-corrected chi connectivity index (χ0v) is 14.3. The van der Waals surface area contributed by atoms with E-state index in [1.165, 1.54) is 0 Å². The van der Waals surface area contributed by atoms with Gasteiger partial charge in [-0.2, -0.15) is 0 Å². The van der Waals surface area contributed by atoms with Crippen LogP contribution in [-0.2, 0) is 6.42 Å². The molecule has 0 unspecified atom stereocenters. The monoisotopic (exact) mass is 332 g/mol. The quantitative estimate of drug-likeness (QED) is 0.582. The van der Waals surface area contributed by atoms with Crippen LogP contribution in [0.25, 0.3) is 10.8 Å². The third-order valence-electron chi connectivity index (χ3n) is 4.16. The molecule has 3 aromatic rings. The van der Waals surface area contributed by atoms with Crippen LogP contribution in [0.2, 0.25) is 0 Å². The third-order valence-corrected chi connectivity index (χ3v) is 4.16. The highest BCUT2D eigenvalue weighted by Gasteiger charge is 2.11. The van der Waals surface area contributed by atoms with Crippen LogP contribution in [0.15, 0.2) is 52.7 Å². The van der Waals surface area contributed by atoms with E-state index >= 15 is 0 Å². The summed E-state index contributed by atoms with van der Waals surface area (Å²) in [6, 6.07) is 13.0. The molecule has 0 saturated carbocycles. The Bertz CT molecular complexity index is 962. The van der Waals surface area contributed by atoms with Gasteiger partial charge in [0.2, 0.25) is 0 Å². The Morgan fingerprint density at radius 3 is 2.52 bits per heavy atom. The predicted molar refractivity (Wildman–Crippen MR) is 100.0 cm³/mol. The van der Waals surface area contributed by atoms with Crippen molar-refractivity contribution in [2.45, 2.75) is 26.7 Å². The second-order valence-corrected chi connectivity index (χ2v) is 6.18. The first-order chi connectivity index (χ1) is 12.0. The van der Waals surface area contributed by atoms with Crippen LogP contribution in [0.1, 0.15) is 23.1 Å². The minimum absolute atomic E-state index is 0.0387. The van der Waals surface area contributed by atoms with Crippen molar-refractivity contribution >= 4 is 22.1 Å². The van der Waals surface area contributed by atoms with Gasteiger partial charge in [-0.3, -0.25) is 0 Å². The third kappa shape index (κ3) is 3.48. The minimum Gasteiger partial charge on any atom is -0.506 e. The van der Waals surface area contributed by atoms with Crippen molar-refractivity contribution in [1.82, 2.24) is 0 Å². The van der Waals surface area contributed by atoms with E-state index in [1.54, 1.807) is 12.1 Å². The maximum absolute atomic E-state index is 10.4. The molecule has 4 nitrogen and oxygen atoms in total. The summed E-state index contributed by atoms with van der Waals surface area (Å²) in [6.07, 6.45) is 1.21. The summed E-state index contributed by atoms with van der Waals surface area (Å²) >= 11 is 0. The van der Waals surface area contributed by atoms with Crippen molar-refractivity contribution in [2.75, 3.05) is 0 Å². The van der Waals surface area contributed by atoms with Gasteiger partial charge in [-0.1, -0.05) is 29.8 Å². The Morgan fingerprint density at radius 1 is 0.960 bits per heavy atom. The topological polar surface area (TPSA) is 65.2 Å². The van der Waals surface area contributed by atoms with Crippen molar-refractivity contribution in [2.24, 2.45) is 10.2 Å². The molecule has 0 saturated heterocycles. The Balaban J connectivity index is 2.10. The number of aromatic hydroxyl groups is 2. The Labute approximate surface area is 147 Å². The summed E-state index contributed by atoms with van der Waals surface area (Å²) in [4.78, 5) is 0. The fourth-order valence-corrected chi connectivity index (χ4v) is 2.81. The van der Waals surface area contributed by atoms with Crippen LogP contribution < -0.4 is 0 Å². The molecule has 0 bridgehead atoms. The van der Waals surface area contributed by atoms with Crippen molar-refractivity contribution in [1.29, 1.82) is 0 Å². The van der Waals surface area contributed by atoms with Gasteiger partial charge >= 0.3 is 0 Å². The van der Waals surface area contributed by atoms with Gasteiger partial charge < -0.3 is 10.2 Å². The second-order valence-electron chi connectivity index (χ2n) is 6.18. The maximum atomic E-state index is 10.4. The lowest BCUT2D eigenvalue weighted by molar-refractivity contribution is 0.471. The van der Waals surface area contributed by atoms with Gasteiger partial charge in [-0.05, 0) is 68.3 Å². The molecule has 0 spiro atoms. The lowest BCUT2D eigenvalue weighted by Gasteiger charge is -2.08. The van der Waals surface area contributed by atoms with Crippen LogP contribution in [0.4, 0.5) is 11.4 Å². The molecule has 0 aliphatic carbocycles. The summed E-state index contributed by atoms with van der Waals surface area (Å²) in [6.45, 7) is 9.42. The van der Waals surface area contributed by atoms with E-state index < -0.39 is 0 Å². The lowest BCUT2D eigenvalue weighted by atomic mass is 10.0. The highest BCUT2D eigenvalue weighted by molar-refractivity contribution is 5.96. The molecule has 0 aliphatic heterocycles. The van der Waals surface area contributed by atoms with Crippen LogP contribution in [-0.4, -0.2) is 10.2 Å². The number of phenolic OH excluding ortho intramolecular Hbond substituents is 2. The molecule has 0 heterocycles. The minimum atomic E-state index is 0.0387. The maximum Gasteiger partial charge on any atom is 0.146 e. The number of hydrogen-bond acceptors (Lipinski definition) is 4. The molecular weight excluding hydrogens is 312 g/mol. The number of azo groups is 1. The van der Waals surface area contributed by atoms with Gasteiger partial charge in [0, 0.05) is 5.39 Å². The number of rotatable bonds is 4.